The van der Waals surface area contributed by atoms with E-state index in [-0.39, 0.29) is 0 Å². The highest BCUT2D eigenvalue weighted by Gasteiger charge is 2.32. The van der Waals surface area contributed by atoms with Crippen LogP contribution in [0, 0.1) is 0 Å². The van der Waals surface area contributed by atoms with Gasteiger partial charge in [-0.15, -0.1) is 0 Å². The summed E-state index contributed by atoms with van der Waals surface area (Å²) in [5.41, 5.74) is 3.36. The Bertz CT molecular complexity index is 392. The Morgan fingerprint density at radius 1 is 1.06 bits per heavy atom. The summed E-state index contributed by atoms with van der Waals surface area (Å²) >= 11 is 0. The predicted octanol–water partition coefficient (Wildman–Crippen LogP) is 2.17. The third-order valence-electron chi connectivity index (χ3n) is 3.96. The summed E-state index contributed by atoms with van der Waals surface area (Å²) in [6, 6.07) is 6.52. The van der Waals surface area contributed by atoms with Crippen LogP contribution in [0.3, 0.4) is 0 Å². The molecular formula is C14H18O2. The maximum Gasteiger partial charge on any atom is 0.0940 e. The summed E-state index contributed by atoms with van der Waals surface area (Å²) in [4.78, 5) is 0. The zero-order valence-electron chi connectivity index (χ0n) is 9.54. The van der Waals surface area contributed by atoms with Crippen LogP contribution in [-0.4, -0.2) is 18.3 Å². The van der Waals surface area contributed by atoms with E-state index in [2.05, 4.69) is 18.2 Å². The van der Waals surface area contributed by atoms with Crippen molar-refractivity contribution < 1.29 is 9.84 Å². The highest BCUT2D eigenvalue weighted by molar-refractivity contribution is 5.37. The fraction of sp³-hybridized carbons (Fsp3) is 0.571. The largest absolute Gasteiger partial charge is 0.385 e. The highest BCUT2D eigenvalue weighted by atomic mass is 16.5. The Hall–Kier alpha value is -0.860. The van der Waals surface area contributed by atoms with Gasteiger partial charge in [0.1, 0.15) is 0 Å². The molecule has 0 bridgehead atoms. The molecule has 0 spiro atoms. The van der Waals surface area contributed by atoms with Crippen LogP contribution in [0.4, 0.5) is 0 Å². The topological polar surface area (TPSA) is 29.5 Å². The van der Waals surface area contributed by atoms with Gasteiger partial charge in [-0.05, 0) is 36.0 Å². The average Bonchev–Trinajstić information content (AvgIpc) is 2.77. The second-order valence-corrected chi connectivity index (χ2v) is 4.98. The predicted molar refractivity (Wildman–Crippen MR) is 62.4 cm³/mol. The van der Waals surface area contributed by atoms with Crippen molar-refractivity contribution in [3.8, 4) is 0 Å². The van der Waals surface area contributed by atoms with Crippen molar-refractivity contribution >= 4 is 0 Å². The van der Waals surface area contributed by atoms with Crippen LogP contribution in [0.2, 0.25) is 0 Å². The quantitative estimate of drug-likeness (QED) is 0.783. The average molecular weight is 218 g/mol. The minimum Gasteiger partial charge on any atom is -0.385 e. The van der Waals surface area contributed by atoms with E-state index in [0.717, 1.165) is 18.4 Å². The number of fused-ring (bicyclic) bond motifs is 1. The summed E-state index contributed by atoms with van der Waals surface area (Å²) in [6.45, 7) is 1.35. The van der Waals surface area contributed by atoms with Crippen LogP contribution in [0.25, 0.3) is 0 Å². The molecule has 86 valence electrons. The number of hydrogen-bond donors (Lipinski definition) is 1. The monoisotopic (exact) mass is 218 g/mol. The summed E-state index contributed by atoms with van der Waals surface area (Å²) in [5.74, 6) is 0. The van der Waals surface area contributed by atoms with E-state index >= 15 is 0 Å². The lowest BCUT2D eigenvalue weighted by molar-refractivity contribution is -0.0679. The van der Waals surface area contributed by atoms with Gasteiger partial charge in [0.05, 0.1) is 5.60 Å². The molecule has 0 saturated carbocycles. The second-order valence-electron chi connectivity index (χ2n) is 4.98. The van der Waals surface area contributed by atoms with Gasteiger partial charge in [-0.1, -0.05) is 18.2 Å². The Morgan fingerprint density at radius 2 is 1.81 bits per heavy atom. The van der Waals surface area contributed by atoms with E-state index in [0.29, 0.717) is 13.2 Å². The molecule has 1 heterocycles. The van der Waals surface area contributed by atoms with Gasteiger partial charge in [-0.25, -0.2) is 0 Å². The van der Waals surface area contributed by atoms with Crippen molar-refractivity contribution in [2.24, 2.45) is 0 Å². The first-order chi connectivity index (χ1) is 7.78. The van der Waals surface area contributed by atoms with Crippen LogP contribution in [0.15, 0.2) is 18.2 Å². The smallest absolute Gasteiger partial charge is 0.0940 e. The van der Waals surface area contributed by atoms with Crippen LogP contribution in [0.1, 0.15) is 36.0 Å². The molecule has 1 aromatic rings. The molecule has 1 fully saturated rings. The van der Waals surface area contributed by atoms with Gasteiger partial charge in [0.25, 0.3) is 0 Å². The molecule has 1 aliphatic heterocycles. The van der Waals surface area contributed by atoms with Gasteiger partial charge in [-0.2, -0.15) is 0 Å². The Morgan fingerprint density at radius 3 is 2.62 bits per heavy atom. The molecule has 0 amide bonds. The van der Waals surface area contributed by atoms with Gasteiger partial charge in [0, 0.05) is 26.1 Å². The molecule has 0 atom stereocenters. The number of rotatable bonds is 1. The summed E-state index contributed by atoms with van der Waals surface area (Å²) in [6.07, 6.45) is 5.10. The molecule has 1 aromatic carbocycles. The Balaban J connectivity index is 1.93. The lowest BCUT2D eigenvalue weighted by atomic mass is 9.85. The van der Waals surface area contributed by atoms with Crippen molar-refractivity contribution in [1.29, 1.82) is 0 Å². The first-order valence-corrected chi connectivity index (χ1v) is 6.20. The standard InChI is InChI=1S/C14H18O2/c15-14(6-8-16-9-7-14)13-5-4-11-2-1-3-12(11)10-13/h4-5,10,15H,1-3,6-9H2. The number of hydrogen-bond acceptors (Lipinski definition) is 2. The molecular weight excluding hydrogens is 200 g/mol. The molecule has 1 N–H and O–H groups in total. The molecule has 0 radical (unpaired) electrons. The van der Waals surface area contributed by atoms with E-state index in [1.54, 1.807) is 0 Å². The minimum atomic E-state index is -0.643. The van der Waals surface area contributed by atoms with E-state index in [1.165, 1.54) is 30.4 Å². The maximum absolute atomic E-state index is 10.6. The normalized spacial score (nSPS) is 23.1. The lowest BCUT2D eigenvalue weighted by Crippen LogP contribution is -2.33. The molecule has 0 aromatic heterocycles. The maximum atomic E-state index is 10.6. The molecule has 3 rings (SSSR count). The van der Waals surface area contributed by atoms with Gasteiger partial charge < -0.3 is 9.84 Å². The third kappa shape index (κ3) is 1.66. The number of benzene rings is 1. The minimum absolute atomic E-state index is 0.643. The van der Waals surface area contributed by atoms with Crippen LogP contribution < -0.4 is 0 Å². The van der Waals surface area contributed by atoms with Crippen LogP contribution in [-0.2, 0) is 23.2 Å². The van der Waals surface area contributed by atoms with Crippen molar-refractivity contribution in [2.45, 2.75) is 37.7 Å². The molecule has 1 saturated heterocycles. The van der Waals surface area contributed by atoms with E-state index in [9.17, 15) is 5.11 Å². The van der Waals surface area contributed by atoms with Crippen molar-refractivity contribution in [3.05, 3.63) is 34.9 Å². The van der Waals surface area contributed by atoms with Gasteiger partial charge in [0.2, 0.25) is 0 Å². The SMILES string of the molecule is OC1(c2ccc3c(c2)CCC3)CCOCC1. The number of aliphatic hydroxyl groups is 1. The molecule has 2 nitrogen and oxygen atoms in total. The number of aryl methyl sites for hydroxylation is 2. The van der Waals surface area contributed by atoms with Crippen LogP contribution >= 0.6 is 0 Å². The zero-order chi connectivity index (χ0) is 11.0. The highest BCUT2D eigenvalue weighted by Crippen LogP contribution is 2.34. The second kappa shape index (κ2) is 3.86. The summed E-state index contributed by atoms with van der Waals surface area (Å²) in [5, 5.41) is 10.6. The van der Waals surface area contributed by atoms with E-state index in [4.69, 9.17) is 4.74 Å². The Kier molecular flexibility index (Phi) is 2.49. The van der Waals surface area contributed by atoms with Crippen molar-refractivity contribution in [3.63, 3.8) is 0 Å². The summed E-state index contributed by atoms with van der Waals surface area (Å²) in [7, 11) is 0. The van der Waals surface area contributed by atoms with Gasteiger partial charge in [-0.3, -0.25) is 0 Å². The van der Waals surface area contributed by atoms with E-state index < -0.39 is 5.60 Å². The molecule has 2 aliphatic rings. The zero-order valence-corrected chi connectivity index (χ0v) is 9.54. The fourth-order valence-corrected chi connectivity index (χ4v) is 2.86. The number of ether oxygens (including phenoxy) is 1. The molecule has 2 heteroatoms. The van der Waals surface area contributed by atoms with Crippen LogP contribution in [0.5, 0.6) is 0 Å². The third-order valence-corrected chi connectivity index (χ3v) is 3.96. The summed E-state index contributed by atoms with van der Waals surface area (Å²) < 4.78 is 5.32. The molecule has 1 aliphatic carbocycles. The van der Waals surface area contributed by atoms with Crippen molar-refractivity contribution in [1.82, 2.24) is 0 Å². The van der Waals surface area contributed by atoms with Gasteiger partial charge in [0.15, 0.2) is 0 Å². The lowest BCUT2D eigenvalue weighted by Gasteiger charge is -2.32. The Labute approximate surface area is 96.2 Å². The first-order valence-electron chi connectivity index (χ1n) is 6.20. The first kappa shape index (κ1) is 10.3. The fourth-order valence-electron chi connectivity index (χ4n) is 2.86. The van der Waals surface area contributed by atoms with Crippen molar-refractivity contribution in [2.75, 3.05) is 13.2 Å². The molecule has 0 unspecified atom stereocenters. The van der Waals surface area contributed by atoms with E-state index in [1.807, 2.05) is 0 Å². The van der Waals surface area contributed by atoms with Gasteiger partial charge >= 0.3 is 0 Å². The molecule has 16 heavy (non-hydrogen) atoms.